The molecule has 0 N–H and O–H groups in total. The summed E-state index contributed by atoms with van der Waals surface area (Å²) in [4.78, 5) is 14.5. The highest BCUT2D eigenvalue weighted by atomic mass is 35.5. The maximum absolute atomic E-state index is 12.9. The van der Waals surface area contributed by atoms with Crippen LogP contribution in [0, 0.1) is 6.92 Å². The molecule has 1 aliphatic rings. The molecule has 142 valence electrons. The van der Waals surface area contributed by atoms with Crippen LogP contribution in [-0.4, -0.2) is 36.8 Å². The minimum Gasteiger partial charge on any atom is -0.331 e. The molecule has 3 rings (SSSR count). The molecule has 6 heteroatoms. The van der Waals surface area contributed by atoms with Crippen LogP contribution >= 0.6 is 11.6 Å². The second-order valence-corrected chi connectivity index (χ2v) is 9.56. The number of halogens is 1. The lowest BCUT2D eigenvalue weighted by molar-refractivity contribution is -0.128. The highest BCUT2D eigenvalue weighted by Gasteiger charge is 2.34. The molecule has 1 fully saturated rings. The molecule has 1 amide bonds. The van der Waals surface area contributed by atoms with Gasteiger partial charge in [0.05, 0.1) is 11.5 Å². The number of nitrogens with zero attached hydrogens (tertiary/aromatic N) is 1. The summed E-state index contributed by atoms with van der Waals surface area (Å²) in [7, 11) is -3.09. The Morgan fingerprint density at radius 2 is 1.96 bits per heavy atom. The maximum atomic E-state index is 12.9. The lowest BCUT2D eigenvalue weighted by Gasteiger charge is -2.27. The van der Waals surface area contributed by atoms with E-state index in [9.17, 15) is 13.2 Å². The summed E-state index contributed by atoms with van der Waals surface area (Å²) < 4.78 is 23.8. The lowest BCUT2D eigenvalue weighted by atomic mass is 10.1. The summed E-state index contributed by atoms with van der Waals surface area (Å²) in [5.74, 6) is -0.0614. The maximum Gasteiger partial charge on any atom is 0.247 e. The van der Waals surface area contributed by atoms with Crippen molar-refractivity contribution in [2.75, 3.05) is 11.5 Å². The van der Waals surface area contributed by atoms with E-state index in [1.807, 2.05) is 43.3 Å². The smallest absolute Gasteiger partial charge is 0.247 e. The first-order chi connectivity index (χ1) is 12.8. The van der Waals surface area contributed by atoms with Gasteiger partial charge in [-0.2, -0.15) is 0 Å². The van der Waals surface area contributed by atoms with Gasteiger partial charge in [-0.15, -0.1) is 0 Å². The third-order valence-corrected chi connectivity index (χ3v) is 6.66. The Balaban J connectivity index is 1.81. The van der Waals surface area contributed by atoms with Gasteiger partial charge in [-0.1, -0.05) is 53.6 Å². The van der Waals surface area contributed by atoms with Gasteiger partial charge in [0.15, 0.2) is 9.84 Å². The minimum absolute atomic E-state index is 0.0116. The molecule has 0 unspecified atom stereocenters. The van der Waals surface area contributed by atoms with Crippen molar-refractivity contribution in [1.82, 2.24) is 4.90 Å². The number of carbonyl (C=O) groups is 1. The fourth-order valence-electron chi connectivity index (χ4n) is 3.18. The van der Waals surface area contributed by atoms with Gasteiger partial charge in [0.1, 0.15) is 0 Å². The second-order valence-electron chi connectivity index (χ2n) is 6.90. The van der Waals surface area contributed by atoms with Crippen molar-refractivity contribution >= 4 is 33.4 Å². The molecule has 0 aromatic heterocycles. The van der Waals surface area contributed by atoms with Crippen molar-refractivity contribution in [3.05, 3.63) is 76.3 Å². The first-order valence-electron chi connectivity index (χ1n) is 8.83. The number of aryl methyl sites for hydroxylation is 1. The number of carbonyl (C=O) groups excluding carboxylic acids is 1. The molecule has 1 atom stereocenters. The molecule has 0 spiro atoms. The van der Waals surface area contributed by atoms with Gasteiger partial charge in [0.2, 0.25) is 5.91 Å². The van der Waals surface area contributed by atoms with Crippen LogP contribution in [0.5, 0.6) is 0 Å². The van der Waals surface area contributed by atoms with Gasteiger partial charge in [-0.3, -0.25) is 4.79 Å². The van der Waals surface area contributed by atoms with Crippen molar-refractivity contribution in [3.63, 3.8) is 0 Å². The average Bonchev–Trinajstić information content (AvgIpc) is 2.98. The first kappa shape index (κ1) is 19.6. The van der Waals surface area contributed by atoms with Crippen LogP contribution in [0.1, 0.15) is 23.1 Å². The van der Waals surface area contributed by atoms with Crippen LogP contribution in [-0.2, 0) is 21.2 Å². The topological polar surface area (TPSA) is 54.5 Å². The van der Waals surface area contributed by atoms with Gasteiger partial charge in [-0.25, -0.2) is 8.42 Å². The number of rotatable bonds is 5. The molecule has 0 bridgehead atoms. The number of sulfone groups is 1. The van der Waals surface area contributed by atoms with E-state index in [4.69, 9.17) is 11.6 Å². The average molecular weight is 404 g/mol. The second kappa shape index (κ2) is 8.28. The molecule has 0 aliphatic carbocycles. The molecule has 1 saturated heterocycles. The predicted molar refractivity (Wildman–Crippen MR) is 109 cm³/mol. The fourth-order valence-corrected chi connectivity index (χ4v) is 5.12. The quantitative estimate of drug-likeness (QED) is 0.712. The summed E-state index contributed by atoms with van der Waals surface area (Å²) in [6.45, 7) is 2.34. The van der Waals surface area contributed by atoms with E-state index in [1.165, 1.54) is 6.08 Å². The zero-order chi connectivity index (χ0) is 19.4. The molecule has 0 radical (unpaired) electrons. The highest BCUT2D eigenvalue weighted by Crippen LogP contribution is 2.22. The Hall–Kier alpha value is -2.11. The predicted octanol–water partition coefficient (Wildman–Crippen LogP) is 3.88. The van der Waals surface area contributed by atoms with E-state index in [1.54, 1.807) is 23.1 Å². The third-order valence-electron chi connectivity index (χ3n) is 4.67. The Kier molecular flexibility index (Phi) is 6.02. The van der Waals surface area contributed by atoms with Crippen LogP contribution in [0.2, 0.25) is 5.02 Å². The molecule has 0 saturated carbocycles. The van der Waals surface area contributed by atoms with Crippen LogP contribution < -0.4 is 0 Å². The standard InChI is InChI=1S/C21H22ClNO3S/c1-16-5-7-17(8-6-16)9-10-21(24)23(20-11-12-27(25,26)15-20)14-18-3-2-4-19(22)13-18/h2-10,13,20H,11-12,14-15H2,1H3/b10-9+/t20-/m1/s1. The zero-order valence-corrected chi connectivity index (χ0v) is 16.7. The van der Waals surface area contributed by atoms with Crippen molar-refractivity contribution in [1.29, 1.82) is 0 Å². The van der Waals surface area contributed by atoms with Gasteiger partial charge < -0.3 is 4.90 Å². The summed E-state index contributed by atoms with van der Waals surface area (Å²) in [6.07, 6.45) is 3.74. The Bertz CT molecular complexity index is 952. The summed E-state index contributed by atoms with van der Waals surface area (Å²) in [6, 6.07) is 14.8. The van der Waals surface area contributed by atoms with Crippen LogP contribution in [0.25, 0.3) is 6.08 Å². The number of hydrogen-bond acceptors (Lipinski definition) is 3. The van der Waals surface area contributed by atoms with E-state index in [-0.39, 0.29) is 23.5 Å². The fraction of sp³-hybridized carbons (Fsp3) is 0.286. The van der Waals surface area contributed by atoms with Crippen LogP contribution in [0.4, 0.5) is 0 Å². The third kappa shape index (κ3) is 5.44. The van der Waals surface area contributed by atoms with Gasteiger partial charge in [0, 0.05) is 23.7 Å². The van der Waals surface area contributed by atoms with Gasteiger partial charge in [-0.05, 0) is 42.7 Å². The molecule has 1 heterocycles. The molecule has 1 aliphatic heterocycles. The molecule has 27 heavy (non-hydrogen) atoms. The molecular formula is C21H22ClNO3S. The van der Waals surface area contributed by atoms with Crippen LogP contribution in [0.3, 0.4) is 0 Å². The first-order valence-corrected chi connectivity index (χ1v) is 11.0. The van der Waals surface area contributed by atoms with Crippen molar-refractivity contribution in [2.45, 2.75) is 25.9 Å². The van der Waals surface area contributed by atoms with Crippen molar-refractivity contribution < 1.29 is 13.2 Å². The Morgan fingerprint density at radius 1 is 1.22 bits per heavy atom. The molecule has 2 aromatic carbocycles. The number of amides is 1. The largest absolute Gasteiger partial charge is 0.331 e. The number of benzene rings is 2. The lowest BCUT2D eigenvalue weighted by Crippen LogP contribution is -2.39. The summed E-state index contributed by atoms with van der Waals surface area (Å²) in [5, 5.41) is 0.592. The molecule has 2 aromatic rings. The van der Waals surface area contributed by atoms with Gasteiger partial charge in [0.25, 0.3) is 0 Å². The van der Waals surface area contributed by atoms with E-state index in [0.29, 0.717) is 18.0 Å². The molecular weight excluding hydrogens is 382 g/mol. The monoisotopic (exact) mass is 403 g/mol. The normalized spacial score (nSPS) is 18.7. The Labute approximate surface area is 165 Å². The van der Waals surface area contributed by atoms with Crippen molar-refractivity contribution in [2.24, 2.45) is 0 Å². The number of hydrogen-bond donors (Lipinski definition) is 0. The van der Waals surface area contributed by atoms with E-state index >= 15 is 0 Å². The summed E-state index contributed by atoms with van der Waals surface area (Å²) in [5.41, 5.74) is 2.96. The SMILES string of the molecule is Cc1ccc(/C=C/C(=O)N(Cc2cccc(Cl)c2)[C@@H]2CCS(=O)(=O)C2)cc1. The van der Waals surface area contributed by atoms with Crippen molar-refractivity contribution in [3.8, 4) is 0 Å². The van der Waals surface area contributed by atoms with E-state index in [0.717, 1.165) is 16.7 Å². The highest BCUT2D eigenvalue weighted by molar-refractivity contribution is 7.91. The van der Waals surface area contributed by atoms with E-state index in [2.05, 4.69) is 0 Å². The van der Waals surface area contributed by atoms with Gasteiger partial charge >= 0.3 is 0 Å². The summed E-state index contributed by atoms with van der Waals surface area (Å²) >= 11 is 6.05. The minimum atomic E-state index is -3.09. The molecule has 4 nitrogen and oxygen atoms in total. The van der Waals surface area contributed by atoms with E-state index < -0.39 is 9.84 Å². The zero-order valence-electron chi connectivity index (χ0n) is 15.1. The van der Waals surface area contributed by atoms with Crippen LogP contribution in [0.15, 0.2) is 54.6 Å². The Morgan fingerprint density at radius 3 is 2.59 bits per heavy atom.